The van der Waals surface area contributed by atoms with Crippen LogP contribution in [0.5, 0.6) is 23.3 Å². The number of hydrogen-bond donors (Lipinski definition) is 2. The molecule has 0 bridgehead atoms. The number of methoxy groups -OCH3 is 1. The van der Waals surface area contributed by atoms with Gasteiger partial charge in [0.1, 0.15) is 23.9 Å². The number of rotatable bonds is 13. The third kappa shape index (κ3) is 10.6. The molecule has 412 valence electrons. The zero-order valence-corrected chi connectivity index (χ0v) is 46.6. The van der Waals surface area contributed by atoms with Crippen molar-refractivity contribution in [3.05, 3.63) is 234 Å². The summed E-state index contributed by atoms with van der Waals surface area (Å²) in [5.41, 5.74) is 7.10. The van der Waals surface area contributed by atoms with Gasteiger partial charge in [-0.3, -0.25) is 19.2 Å². The molecule has 12 aromatic rings. The molecule has 16 nitrogen and oxygen atoms in total. The lowest BCUT2D eigenvalue weighted by Crippen LogP contribution is -2.23. The van der Waals surface area contributed by atoms with E-state index in [1.807, 2.05) is 90.6 Å². The molecule has 6 aromatic carbocycles. The molecule has 12 rings (SSSR count). The summed E-state index contributed by atoms with van der Waals surface area (Å²) in [6, 6.07) is 37.8. The minimum atomic E-state index is -0.695. The predicted molar refractivity (Wildman–Crippen MR) is 315 cm³/mol. The van der Waals surface area contributed by atoms with Crippen molar-refractivity contribution in [2.24, 2.45) is 14.1 Å². The van der Waals surface area contributed by atoms with Gasteiger partial charge in [-0.05, 0) is 96.8 Å². The second kappa shape index (κ2) is 22.7. The molecule has 6 heterocycles. The Morgan fingerprint density at radius 2 is 1.01 bits per heavy atom. The van der Waals surface area contributed by atoms with E-state index in [0.717, 1.165) is 32.2 Å². The highest BCUT2D eigenvalue weighted by Crippen LogP contribution is 2.38. The molecule has 0 atom stereocenters. The molecule has 0 amide bonds. The SMILES string of the molecule is COC(=O)c1ccc2c(c1)c(=O)c(C(=O)Cc1ccc(Oc3ncnc4[nH]cc(-c5ccccc5)c34)c(F)c1)c(C)n2C.Cc1c(C(=O)Cc2ccc(Oc3ncnc4[nH]cc(-c5ccccc5)c34)c(F)c2)c(=O)c2cc(Br)ccc2n1C. The number of ether oxygens (including phenoxy) is 3. The van der Waals surface area contributed by atoms with Crippen molar-refractivity contribution in [3.8, 4) is 45.5 Å². The number of fused-ring (bicyclic) bond motifs is 4. The first-order valence-electron chi connectivity index (χ1n) is 25.8. The summed E-state index contributed by atoms with van der Waals surface area (Å²) in [6.07, 6.45) is 5.92. The smallest absolute Gasteiger partial charge is 0.337 e. The zero-order valence-electron chi connectivity index (χ0n) is 45.0. The van der Waals surface area contributed by atoms with Gasteiger partial charge in [-0.15, -0.1) is 0 Å². The number of ketones is 2. The van der Waals surface area contributed by atoms with Crippen LogP contribution >= 0.6 is 15.9 Å². The first-order chi connectivity index (χ1) is 40.1. The summed E-state index contributed by atoms with van der Waals surface area (Å²) >= 11 is 3.39. The van der Waals surface area contributed by atoms with Crippen LogP contribution < -0.4 is 20.3 Å². The summed E-state index contributed by atoms with van der Waals surface area (Å²) in [4.78, 5) is 88.7. The first kappa shape index (κ1) is 54.7. The van der Waals surface area contributed by atoms with Crippen molar-refractivity contribution in [2.75, 3.05) is 7.11 Å². The standard InChI is InChI=1S/C33H25FN4O5.C31H22BrFN4O3/c1-18-28(30(40)22-15-21(33(41)42-3)10-11-25(22)38(18)2)26(39)14-19-9-12-27(24(34)13-19)43-32-29-23(20-7-5-4-6-8-20)16-35-31(29)36-17-37-32;1-17-27(29(39)21-14-20(32)9-10-24(21)37(17)2)25(38)13-18-8-11-26(23(33)12-18)40-31-28-22(19-6-4-3-5-7-19)15-34-30(28)35-16-36-31/h4-13,15-17H,14H2,1-3H3,(H,35,36,37);3-12,14-16H,13H2,1-2H3,(H,34,35,36). The van der Waals surface area contributed by atoms with Crippen LogP contribution in [0, 0.1) is 25.5 Å². The number of benzene rings is 6. The van der Waals surface area contributed by atoms with Gasteiger partial charge >= 0.3 is 5.97 Å². The average molecular weight is 1170 g/mol. The van der Waals surface area contributed by atoms with E-state index in [-0.39, 0.29) is 69.4 Å². The number of Topliss-reactive ketones (excluding diaryl/α,β-unsaturated/α-hetero) is 2. The van der Waals surface area contributed by atoms with E-state index in [9.17, 15) is 24.0 Å². The lowest BCUT2D eigenvalue weighted by atomic mass is 9.98. The molecule has 0 radical (unpaired) electrons. The minimum absolute atomic E-state index is 0.0259. The van der Waals surface area contributed by atoms with Crippen LogP contribution in [0.25, 0.3) is 66.1 Å². The van der Waals surface area contributed by atoms with E-state index in [2.05, 4.69) is 45.8 Å². The Morgan fingerprint density at radius 3 is 1.46 bits per heavy atom. The molecule has 0 spiro atoms. The number of hydrogen-bond acceptors (Lipinski definition) is 12. The summed E-state index contributed by atoms with van der Waals surface area (Å²) in [6.45, 7) is 3.41. The van der Waals surface area contributed by atoms with E-state index in [0.29, 0.717) is 55.5 Å². The van der Waals surface area contributed by atoms with Crippen molar-refractivity contribution in [1.29, 1.82) is 0 Å². The number of nitrogens with zero attached hydrogens (tertiary/aromatic N) is 6. The molecule has 0 fully saturated rings. The fraction of sp³-hybridized carbons (Fsp3) is 0.109. The van der Waals surface area contributed by atoms with E-state index in [1.54, 1.807) is 62.0 Å². The summed E-state index contributed by atoms with van der Waals surface area (Å²) < 4.78 is 51.5. The number of aromatic amines is 2. The van der Waals surface area contributed by atoms with Crippen molar-refractivity contribution < 1.29 is 37.4 Å². The molecule has 83 heavy (non-hydrogen) atoms. The van der Waals surface area contributed by atoms with Gasteiger partial charge in [-0.1, -0.05) is 88.7 Å². The normalized spacial score (nSPS) is 11.2. The van der Waals surface area contributed by atoms with E-state index >= 15 is 8.78 Å². The van der Waals surface area contributed by atoms with Crippen LogP contribution in [0.3, 0.4) is 0 Å². The van der Waals surface area contributed by atoms with Gasteiger partial charge < -0.3 is 33.3 Å². The summed E-state index contributed by atoms with van der Waals surface area (Å²) in [7, 11) is 4.79. The number of carbonyl (C=O) groups is 3. The van der Waals surface area contributed by atoms with Gasteiger partial charge in [0.25, 0.3) is 0 Å². The van der Waals surface area contributed by atoms with Crippen LogP contribution in [0.2, 0.25) is 0 Å². The molecule has 0 saturated carbocycles. The molecule has 6 aromatic heterocycles. The van der Waals surface area contributed by atoms with Crippen molar-refractivity contribution in [3.63, 3.8) is 0 Å². The lowest BCUT2D eigenvalue weighted by molar-refractivity contribution is 0.0600. The number of pyridine rings is 2. The second-order valence-electron chi connectivity index (χ2n) is 19.5. The summed E-state index contributed by atoms with van der Waals surface area (Å²) in [5.74, 6) is -2.54. The van der Waals surface area contributed by atoms with Crippen LogP contribution in [-0.2, 0) is 31.7 Å². The zero-order chi connectivity index (χ0) is 58.2. The average Bonchev–Trinajstić information content (AvgIpc) is 4.13. The molecular weight excluding hydrogens is 1130 g/mol. The maximum Gasteiger partial charge on any atom is 0.337 e. The fourth-order valence-electron chi connectivity index (χ4n) is 10.1. The number of aryl methyl sites for hydroxylation is 2. The largest absolute Gasteiger partial charge is 0.465 e. The lowest BCUT2D eigenvalue weighted by Gasteiger charge is -2.14. The maximum absolute atomic E-state index is 15.3. The molecule has 0 unspecified atom stereocenters. The Labute approximate surface area is 479 Å². The van der Waals surface area contributed by atoms with E-state index in [1.165, 1.54) is 50.1 Å². The molecule has 2 N–H and O–H groups in total. The Hall–Kier alpha value is -10.3. The Balaban J connectivity index is 0.000000174. The van der Waals surface area contributed by atoms with Gasteiger partial charge in [0.05, 0.1) is 45.6 Å². The number of nitrogens with one attached hydrogen (secondary N) is 2. The third-order valence-corrected chi connectivity index (χ3v) is 15.0. The topological polar surface area (TPSA) is 206 Å². The van der Waals surface area contributed by atoms with Crippen LogP contribution in [0.1, 0.15) is 53.6 Å². The molecule has 0 aliphatic rings. The van der Waals surface area contributed by atoms with Crippen molar-refractivity contribution in [1.82, 2.24) is 39.0 Å². The predicted octanol–water partition coefficient (Wildman–Crippen LogP) is 12.8. The number of carbonyl (C=O) groups excluding carboxylic acids is 3. The monoisotopic (exact) mass is 1170 g/mol. The number of halogens is 3. The van der Waals surface area contributed by atoms with Gasteiger partial charge in [-0.2, -0.15) is 0 Å². The molecular formula is C64H47BrF2N8O8. The third-order valence-electron chi connectivity index (χ3n) is 14.5. The van der Waals surface area contributed by atoms with Crippen LogP contribution in [0.4, 0.5) is 8.78 Å². The quantitative estimate of drug-likeness (QED) is 0.0817. The van der Waals surface area contributed by atoms with Crippen molar-refractivity contribution >= 4 is 77.3 Å². The molecule has 19 heteroatoms. The Morgan fingerprint density at radius 1 is 0.566 bits per heavy atom. The molecule has 0 aliphatic carbocycles. The first-order valence-corrected chi connectivity index (χ1v) is 26.6. The number of H-pyrrole nitrogens is 2. The molecule has 0 aliphatic heterocycles. The van der Waals surface area contributed by atoms with Gasteiger partial charge in [-0.25, -0.2) is 33.5 Å². The fourth-order valence-corrected chi connectivity index (χ4v) is 10.5. The number of aromatic nitrogens is 8. The Bertz CT molecular complexity index is 4710. The summed E-state index contributed by atoms with van der Waals surface area (Å²) in [5, 5.41) is 1.88. The van der Waals surface area contributed by atoms with Gasteiger partial charge in [0, 0.05) is 77.1 Å². The molecule has 0 saturated heterocycles. The highest BCUT2D eigenvalue weighted by molar-refractivity contribution is 9.10. The second-order valence-corrected chi connectivity index (χ2v) is 20.4. The van der Waals surface area contributed by atoms with E-state index < -0.39 is 28.8 Å². The van der Waals surface area contributed by atoms with Crippen LogP contribution in [0.15, 0.2) is 173 Å². The van der Waals surface area contributed by atoms with Crippen molar-refractivity contribution in [2.45, 2.75) is 26.7 Å². The highest BCUT2D eigenvalue weighted by Gasteiger charge is 2.24. The van der Waals surface area contributed by atoms with Gasteiger partial charge in [0.15, 0.2) is 40.1 Å². The van der Waals surface area contributed by atoms with Crippen LogP contribution in [-0.4, -0.2) is 63.7 Å². The highest BCUT2D eigenvalue weighted by atomic mass is 79.9. The van der Waals surface area contributed by atoms with E-state index in [4.69, 9.17) is 14.2 Å². The number of esters is 1. The maximum atomic E-state index is 15.3. The minimum Gasteiger partial charge on any atom is -0.465 e. The Kier molecular flexibility index (Phi) is 15.0. The van der Waals surface area contributed by atoms with Gasteiger partial charge in [0.2, 0.25) is 17.2 Å².